The number of rotatable bonds is 12. The zero-order chi connectivity index (χ0) is 26.9. The highest BCUT2D eigenvalue weighted by Gasteiger charge is 2.23. The van der Waals surface area contributed by atoms with E-state index in [1.165, 1.54) is 4.90 Å². The van der Waals surface area contributed by atoms with E-state index < -0.39 is 0 Å². The monoisotopic (exact) mass is 533 g/mol. The van der Waals surface area contributed by atoms with Crippen molar-refractivity contribution in [2.45, 2.75) is 13.0 Å². The van der Waals surface area contributed by atoms with Crippen molar-refractivity contribution >= 4 is 34.3 Å². The number of hydrogen-bond acceptors (Lipinski definition) is 4. The van der Waals surface area contributed by atoms with Gasteiger partial charge in [0.05, 0.1) is 13.7 Å². The highest BCUT2D eigenvalue weighted by Crippen LogP contribution is 2.20. The third-order valence-corrected chi connectivity index (χ3v) is 6.70. The lowest BCUT2D eigenvalue weighted by molar-refractivity contribution is -0.132. The van der Waals surface area contributed by atoms with Gasteiger partial charge < -0.3 is 24.3 Å². The van der Waals surface area contributed by atoms with Crippen LogP contribution in [0.3, 0.4) is 0 Å². The summed E-state index contributed by atoms with van der Waals surface area (Å²) >= 11 is 6.12. The fourth-order valence-electron chi connectivity index (χ4n) is 4.36. The quantitative estimate of drug-likeness (QED) is 0.272. The molecule has 0 atom stereocenters. The fourth-order valence-corrected chi connectivity index (χ4v) is 4.55. The van der Waals surface area contributed by atoms with Gasteiger partial charge in [-0.25, -0.2) is 0 Å². The average Bonchev–Trinajstić information content (AvgIpc) is 3.36. The Morgan fingerprint density at radius 3 is 2.45 bits per heavy atom. The molecule has 1 heterocycles. The molecular formula is C30H32ClN3O4. The van der Waals surface area contributed by atoms with Gasteiger partial charge in [0.1, 0.15) is 12.3 Å². The number of carbonyl (C=O) groups is 2. The Morgan fingerprint density at radius 2 is 1.71 bits per heavy atom. The van der Waals surface area contributed by atoms with Crippen LogP contribution in [-0.2, 0) is 22.5 Å². The van der Waals surface area contributed by atoms with E-state index >= 15 is 0 Å². The van der Waals surface area contributed by atoms with Crippen LogP contribution in [0.2, 0.25) is 5.02 Å². The molecule has 0 saturated heterocycles. The second-order valence-corrected chi connectivity index (χ2v) is 9.44. The van der Waals surface area contributed by atoms with Crippen LogP contribution < -0.4 is 4.74 Å². The second kappa shape index (κ2) is 13.1. The first-order valence-corrected chi connectivity index (χ1v) is 12.9. The maximum Gasteiger partial charge on any atom is 0.254 e. The summed E-state index contributed by atoms with van der Waals surface area (Å²) in [7, 11) is 3.19. The Balaban J connectivity index is 1.54. The molecule has 0 fully saturated rings. The first-order chi connectivity index (χ1) is 18.5. The van der Waals surface area contributed by atoms with Gasteiger partial charge in [0.25, 0.3) is 5.91 Å². The molecule has 0 aliphatic rings. The third-order valence-electron chi connectivity index (χ3n) is 6.46. The summed E-state index contributed by atoms with van der Waals surface area (Å²) in [5.74, 6) is 0.342. The van der Waals surface area contributed by atoms with E-state index in [0.29, 0.717) is 36.7 Å². The molecule has 0 aliphatic carbocycles. The average molecular weight is 534 g/mol. The maximum atomic E-state index is 13.7. The smallest absolute Gasteiger partial charge is 0.254 e. The number of ether oxygens (including phenoxy) is 2. The van der Waals surface area contributed by atoms with Crippen molar-refractivity contribution in [2.75, 3.05) is 40.5 Å². The molecule has 8 heteroatoms. The molecule has 0 aliphatic heterocycles. The number of methoxy groups -OCH3 is 2. The van der Waals surface area contributed by atoms with Crippen LogP contribution in [0.1, 0.15) is 21.5 Å². The van der Waals surface area contributed by atoms with Crippen LogP contribution in [0.4, 0.5) is 0 Å². The molecule has 2 amide bonds. The summed E-state index contributed by atoms with van der Waals surface area (Å²) < 4.78 is 10.5. The van der Waals surface area contributed by atoms with Gasteiger partial charge in [-0.05, 0) is 53.9 Å². The maximum absolute atomic E-state index is 13.7. The topological polar surface area (TPSA) is 74.9 Å². The molecule has 0 unspecified atom stereocenters. The lowest BCUT2D eigenvalue weighted by Crippen LogP contribution is -2.44. The van der Waals surface area contributed by atoms with Crippen molar-refractivity contribution < 1.29 is 19.1 Å². The number of aromatic amines is 1. The molecule has 38 heavy (non-hydrogen) atoms. The van der Waals surface area contributed by atoms with E-state index in [2.05, 4.69) is 11.1 Å². The molecule has 0 saturated carbocycles. The summed E-state index contributed by atoms with van der Waals surface area (Å²) in [5, 5.41) is 1.61. The van der Waals surface area contributed by atoms with Crippen molar-refractivity contribution in [2.24, 2.45) is 0 Å². The van der Waals surface area contributed by atoms with E-state index in [-0.39, 0.29) is 24.9 Å². The number of aromatic nitrogens is 1. The van der Waals surface area contributed by atoms with E-state index in [9.17, 15) is 9.59 Å². The van der Waals surface area contributed by atoms with E-state index in [1.807, 2.05) is 48.7 Å². The molecule has 1 N–H and O–H groups in total. The van der Waals surface area contributed by atoms with Gasteiger partial charge in [-0.2, -0.15) is 0 Å². The summed E-state index contributed by atoms with van der Waals surface area (Å²) in [6, 6.07) is 22.5. The van der Waals surface area contributed by atoms with Crippen LogP contribution in [0, 0.1) is 0 Å². The number of carbonyl (C=O) groups excluding carboxylic acids is 2. The molecule has 0 bridgehead atoms. The van der Waals surface area contributed by atoms with Crippen molar-refractivity contribution in [3.8, 4) is 5.75 Å². The number of para-hydroxylation sites is 1. The molecule has 4 aromatic rings. The first-order valence-electron chi connectivity index (χ1n) is 12.5. The number of halogens is 1. The minimum atomic E-state index is -0.265. The molecular weight excluding hydrogens is 502 g/mol. The van der Waals surface area contributed by atoms with E-state index in [1.54, 1.807) is 43.4 Å². The van der Waals surface area contributed by atoms with Gasteiger partial charge in [-0.1, -0.05) is 48.0 Å². The summed E-state index contributed by atoms with van der Waals surface area (Å²) in [4.78, 5) is 33.6. The molecule has 3 aromatic carbocycles. The normalized spacial score (nSPS) is 10.9. The van der Waals surface area contributed by atoms with Gasteiger partial charge in [0, 0.05) is 54.4 Å². The first kappa shape index (κ1) is 27.2. The number of benzene rings is 3. The van der Waals surface area contributed by atoms with Crippen molar-refractivity contribution in [3.63, 3.8) is 0 Å². The number of fused-ring (bicyclic) bond motifs is 1. The zero-order valence-electron chi connectivity index (χ0n) is 21.7. The number of nitrogens with one attached hydrogen (secondary N) is 1. The largest absolute Gasteiger partial charge is 0.497 e. The second-order valence-electron chi connectivity index (χ2n) is 9.00. The third kappa shape index (κ3) is 6.94. The van der Waals surface area contributed by atoms with Gasteiger partial charge in [-0.15, -0.1) is 0 Å². The lowest BCUT2D eigenvalue weighted by Gasteiger charge is -2.28. The van der Waals surface area contributed by atoms with Crippen molar-refractivity contribution in [3.05, 3.63) is 101 Å². The Kier molecular flexibility index (Phi) is 9.40. The Hall–Kier alpha value is -3.81. The summed E-state index contributed by atoms with van der Waals surface area (Å²) in [6.45, 7) is 1.43. The summed E-state index contributed by atoms with van der Waals surface area (Å²) in [6.07, 6.45) is 2.67. The standard InChI is InChI=1S/C30H32ClN3O4/c1-37-17-16-34(30(36)23-6-5-7-25(31)18-23)21-29(35)33(20-22-10-12-26(38-2)13-11-22)15-14-24-19-32-28-9-4-3-8-27(24)28/h3-13,18-19,32H,14-17,20-21H2,1-2H3. The molecule has 198 valence electrons. The predicted molar refractivity (Wildman–Crippen MR) is 150 cm³/mol. The van der Waals surface area contributed by atoms with E-state index in [0.717, 1.165) is 27.8 Å². The van der Waals surface area contributed by atoms with Crippen LogP contribution in [0.25, 0.3) is 10.9 Å². The minimum absolute atomic E-state index is 0.0707. The van der Waals surface area contributed by atoms with Crippen LogP contribution in [-0.4, -0.2) is 67.1 Å². The number of amides is 2. The predicted octanol–water partition coefficient (Wildman–Crippen LogP) is 5.19. The highest BCUT2D eigenvalue weighted by molar-refractivity contribution is 6.31. The Morgan fingerprint density at radius 1 is 0.921 bits per heavy atom. The lowest BCUT2D eigenvalue weighted by atomic mass is 10.1. The minimum Gasteiger partial charge on any atom is -0.497 e. The van der Waals surface area contributed by atoms with E-state index in [4.69, 9.17) is 21.1 Å². The molecule has 4 rings (SSSR count). The molecule has 7 nitrogen and oxygen atoms in total. The summed E-state index contributed by atoms with van der Waals surface area (Å²) in [5.41, 5.74) is 3.61. The molecule has 0 spiro atoms. The molecule has 0 radical (unpaired) electrons. The SMILES string of the molecule is COCCN(CC(=O)N(CCc1c[nH]c2ccccc12)Cc1ccc(OC)cc1)C(=O)c1cccc(Cl)c1. The van der Waals surface area contributed by atoms with Crippen LogP contribution in [0.15, 0.2) is 79.0 Å². The highest BCUT2D eigenvalue weighted by atomic mass is 35.5. The van der Waals surface area contributed by atoms with Crippen LogP contribution >= 0.6 is 11.6 Å². The van der Waals surface area contributed by atoms with Gasteiger partial charge in [0.2, 0.25) is 5.91 Å². The Bertz CT molecular complexity index is 1370. The van der Waals surface area contributed by atoms with Crippen LogP contribution in [0.5, 0.6) is 5.75 Å². The zero-order valence-corrected chi connectivity index (χ0v) is 22.4. The van der Waals surface area contributed by atoms with Gasteiger partial charge in [-0.3, -0.25) is 9.59 Å². The van der Waals surface area contributed by atoms with Gasteiger partial charge >= 0.3 is 0 Å². The fraction of sp³-hybridized carbons (Fsp3) is 0.267. The number of nitrogens with zero attached hydrogens (tertiary/aromatic N) is 2. The number of H-pyrrole nitrogens is 1. The van der Waals surface area contributed by atoms with Gasteiger partial charge in [0.15, 0.2) is 0 Å². The van der Waals surface area contributed by atoms with Crippen molar-refractivity contribution in [1.29, 1.82) is 0 Å². The molecule has 1 aromatic heterocycles. The Labute approximate surface area is 227 Å². The number of hydrogen-bond donors (Lipinski definition) is 1. The van der Waals surface area contributed by atoms with Crippen molar-refractivity contribution in [1.82, 2.24) is 14.8 Å².